The number of hydrogen-bond acceptors (Lipinski definition) is 10. The van der Waals surface area contributed by atoms with Gasteiger partial charge in [0, 0.05) is 41.8 Å². The summed E-state index contributed by atoms with van der Waals surface area (Å²) in [6, 6.07) is 27.7. The number of nitrogens with one attached hydrogen (secondary N) is 4. The Morgan fingerprint density at radius 1 is 0.954 bits per heavy atom. The van der Waals surface area contributed by atoms with Crippen LogP contribution in [0.25, 0.3) is 22.2 Å². The third kappa shape index (κ3) is 9.13. The molecule has 15 nitrogen and oxygen atoms in total. The van der Waals surface area contributed by atoms with Gasteiger partial charge in [-0.15, -0.1) is 6.58 Å². The second-order valence-corrected chi connectivity index (χ2v) is 19.5. The Labute approximate surface area is 377 Å². The Morgan fingerprint density at radius 2 is 1.65 bits per heavy atom. The third-order valence-corrected chi connectivity index (χ3v) is 13.7. The molecule has 16 heteroatoms. The van der Waals surface area contributed by atoms with Crippen LogP contribution in [0.2, 0.25) is 0 Å². The summed E-state index contributed by atoms with van der Waals surface area (Å²) in [5.41, 5.74) is 1.19. The van der Waals surface area contributed by atoms with Crippen LogP contribution in [0.3, 0.4) is 0 Å². The number of rotatable bonds is 13. The molecular weight excluding hydrogens is 849 g/mol. The summed E-state index contributed by atoms with van der Waals surface area (Å²) in [5.74, 6) is -1.82. The fraction of sp³-hybridized carbons (Fsp3) is 0.327. The lowest BCUT2D eigenvalue weighted by Crippen LogP contribution is -2.60. The number of hydrogen-bond donors (Lipinski definition) is 5. The van der Waals surface area contributed by atoms with E-state index in [0.29, 0.717) is 34.5 Å². The van der Waals surface area contributed by atoms with Crippen molar-refractivity contribution in [2.45, 2.75) is 80.8 Å². The van der Waals surface area contributed by atoms with Gasteiger partial charge in [0.05, 0.1) is 41.9 Å². The molecule has 0 bridgehead atoms. The van der Waals surface area contributed by atoms with Crippen molar-refractivity contribution in [1.82, 2.24) is 30.6 Å². The number of methoxy groups -OCH3 is 1. The van der Waals surface area contributed by atoms with Gasteiger partial charge in [0.2, 0.25) is 11.8 Å². The molecule has 0 radical (unpaired) electrons. The molecule has 5 N–H and O–H groups in total. The zero-order chi connectivity index (χ0) is 46.3. The number of amides is 5. The quantitative estimate of drug-likeness (QED) is 0.0978. The van der Waals surface area contributed by atoms with E-state index in [2.05, 4.69) is 27.3 Å². The number of aromatic nitrogens is 1. The van der Waals surface area contributed by atoms with Crippen LogP contribution in [0.5, 0.6) is 11.5 Å². The summed E-state index contributed by atoms with van der Waals surface area (Å²) >= 11 is 0. The second-order valence-electron chi connectivity index (χ2n) is 17.9. The number of aliphatic hydroxyl groups excluding tert-OH is 1. The summed E-state index contributed by atoms with van der Waals surface area (Å²) < 4.78 is 40.9. The first-order chi connectivity index (χ1) is 31.0. The summed E-state index contributed by atoms with van der Waals surface area (Å²) in [5, 5.41) is 20.3. The van der Waals surface area contributed by atoms with Crippen molar-refractivity contribution in [1.29, 1.82) is 0 Å². The molecule has 338 valence electrons. The highest BCUT2D eigenvalue weighted by atomic mass is 32.2. The highest BCUT2D eigenvalue weighted by molar-refractivity contribution is 7.90. The van der Waals surface area contributed by atoms with E-state index >= 15 is 0 Å². The van der Waals surface area contributed by atoms with Crippen LogP contribution >= 0.6 is 0 Å². The molecule has 7 atom stereocenters. The fourth-order valence-corrected chi connectivity index (χ4v) is 9.83. The van der Waals surface area contributed by atoms with E-state index in [1.54, 1.807) is 52.1 Å². The molecule has 1 saturated carbocycles. The molecule has 1 saturated heterocycles. The lowest BCUT2D eigenvalue weighted by Gasteiger charge is -2.34. The van der Waals surface area contributed by atoms with E-state index in [0.717, 1.165) is 16.7 Å². The van der Waals surface area contributed by atoms with E-state index in [-0.39, 0.29) is 24.3 Å². The van der Waals surface area contributed by atoms with E-state index in [4.69, 9.17) is 14.5 Å². The summed E-state index contributed by atoms with van der Waals surface area (Å²) in [6.07, 6.45) is 0.179. The van der Waals surface area contributed by atoms with Crippen molar-refractivity contribution >= 4 is 44.7 Å². The molecule has 8 rings (SSSR count). The fourth-order valence-electron chi connectivity index (χ4n) is 8.77. The molecule has 1 aromatic heterocycles. The van der Waals surface area contributed by atoms with Crippen LogP contribution < -0.4 is 30.1 Å². The van der Waals surface area contributed by atoms with Gasteiger partial charge >= 0.3 is 6.03 Å². The van der Waals surface area contributed by atoms with Crippen LogP contribution in [0.4, 0.5) is 4.79 Å². The van der Waals surface area contributed by atoms with Gasteiger partial charge in [-0.25, -0.2) is 22.9 Å². The molecule has 2 aliphatic carbocycles. The van der Waals surface area contributed by atoms with Gasteiger partial charge in [-0.2, -0.15) is 0 Å². The SMILES string of the molecule is C=CC1C[C@]1(NC(=O)[C@@H]1C[C@@H](Oc2cc(-c3ccccc3)nc3cc(OC)ccc23)CN1C(=O)N[C@H](C(=O)N[C@H]1c2ccccc2C[C@H]1O)C(C)(C)C)C(=O)NS(=O)(=O)c1ccccc1. The highest BCUT2D eigenvalue weighted by Crippen LogP contribution is 2.45. The van der Waals surface area contributed by atoms with Crippen LogP contribution in [-0.2, 0) is 30.8 Å². The van der Waals surface area contributed by atoms with Crippen molar-refractivity contribution in [2.75, 3.05) is 13.7 Å². The standard InChI is InChI=1S/C49H52N6O9S/c1-6-31-27-49(31,46(59)54-65(61,62)34-18-11-8-12-19-34)53-44(57)39-25-33(64-41-26-37(29-15-9-7-10-16-29)50-38-24-32(63-5)21-22-36(38)41)28-55(39)47(60)52-43(48(2,3)4)45(58)51-42-35-20-14-13-17-30(35)23-40(42)56/h6-22,24,26,31,33,39-40,42-43,56H,1,23,25,27-28H2,2-5H3,(H,51,58)(H,52,60)(H,53,57)(H,54,59)/t31?,33-,39+,40-,42+,43-,49-/m1/s1. The van der Waals surface area contributed by atoms with E-state index in [1.807, 2.05) is 60.7 Å². The van der Waals surface area contributed by atoms with Gasteiger partial charge in [-0.3, -0.25) is 14.4 Å². The molecule has 4 aromatic carbocycles. The lowest BCUT2D eigenvalue weighted by molar-refractivity contribution is -0.131. The number of benzene rings is 4. The van der Waals surface area contributed by atoms with Crippen LogP contribution in [0, 0.1) is 11.3 Å². The van der Waals surface area contributed by atoms with E-state index < -0.39 is 81.0 Å². The Balaban J connectivity index is 1.10. The minimum Gasteiger partial charge on any atom is -0.497 e. The third-order valence-electron chi connectivity index (χ3n) is 12.4. The number of likely N-dealkylation sites (tertiary alicyclic amines) is 1. The average Bonchev–Trinajstić information content (AvgIpc) is 3.70. The van der Waals surface area contributed by atoms with Crippen LogP contribution in [0.1, 0.15) is 50.8 Å². The van der Waals surface area contributed by atoms with Gasteiger partial charge in [0.1, 0.15) is 35.2 Å². The maximum atomic E-state index is 14.7. The minimum absolute atomic E-state index is 0.0455. The Bertz CT molecular complexity index is 2770. The van der Waals surface area contributed by atoms with Crippen molar-refractivity contribution in [3.63, 3.8) is 0 Å². The molecule has 5 aromatic rings. The zero-order valence-corrected chi connectivity index (χ0v) is 37.3. The van der Waals surface area contributed by atoms with E-state index in [9.17, 15) is 32.7 Å². The maximum Gasteiger partial charge on any atom is 0.318 e. The summed E-state index contributed by atoms with van der Waals surface area (Å²) in [4.78, 5) is 63.4. The summed E-state index contributed by atoms with van der Waals surface area (Å²) in [6.45, 7) is 9.06. The summed E-state index contributed by atoms with van der Waals surface area (Å²) in [7, 11) is -2.76. The van der Waals surface area contributed by atoms with Crippen molar-refractivity contribution in [3.8, 4) is 22.8 Å². The number of pyridine rings is 1. The molecule has 1 unspecified atom stereocenters. The number of ether oxygens (including phenoxy) is 2. The normalized spacial score (nSPS) is 22.8. The topological polar surface area (TPSA) is 205 Å². The average molecular weight is 901 g/mol. The lowest BCUT2D eigenvalue weighted by atomic mass is 9.86. The predicted molar refractivity (Wildman–Crippen MR) is 243 cm³/mol. The largest absolute Gasteiger partial charge is 0.497 e. The smallest absolute Gasteiger partial charge is 0.318 e. The highest BCUT2D eigenvalue weighted by Gasteiger charge is 2.61. The predicted octanol–water partition coefficient (Wildman–Crippen LogP) is 5.20. The van der Waals surface area contributed by atoms with Crippen LogP contribution in [-0.4, -0.2) is 90.6 Å². The van der Waals surface area contributed by atoms with E-state index in [1.165, 1.54) is 35.2 Å². The monoisotopic (exact) mass is 900 g/mol. The van der Waals surface area contributed by atoms with Gasteiger partial charge < -0.3 is 35.4 Å². The van der Waals surface area contributed by atoms with Crippen molar-refractivity contribution in [3.05, 3.63) is 133 Å². The Morgan fingerprint density at radius 3 is 2.32 bits per heavy atom. The number of carbonyl (C=O) groups is 4. The maximum absolute atomic E-state index is 14.7. The molecule has 0 spiro atoms. The molecule has 65 heavy (non-hydrogen) atoms. The first kappa shape index (κ1) is 44.8. The molecule has 2 heterocycles. The molecule has 1 aliphatic heterocycles. The van der Waals surface area contributed by atoms with Gasteiger partial charge in [0.25, 0.3) is 15.9 Å². The number of urea groups is 1. The Hall–Kier alpha value is -6.78. The second kappa shape index (κ2) is 17.7. The Kier molecular flexibility index (Phi) is 12.2. The van der Waals surface area contributed by atoms with Crippen LogP contribution in [0.15, 0.2) is 127 Å². The van der Waals surface area contributed by atoms with Gasteiger partial charge in [-0.05, 0) is 47.2 Å². The molecule has 5 amide bonds. The minimum atomic E-state index is -4.31. The zero-order valence-electron chi connectivity index (χ0n) is 36.5. The molecule has 3 aliphatic rings. The molecule has 2 fully saturated rings. The van der Waals surface area contributed by atoms with Crippen molar-refractivity contribution < 1.29 is 42.2 Å². The first-order valence-electron chi connectivity index (χ1n) is 21.4. The number of nitrogens with zero attached hydrogens (tertiary/aromatic N) is 2. The number of fused-ring (bicyclic) bond motifs is 2. The number of carbonyl (C=O) groups excluding carboxylic acids is 4. The van der Waals surface area contributed by atoms with Gasteiger partial charge in [-0.1, -0.05) is 99.6 Å². The first-order valence-corrected chi connectivity index (χ1v) is 22.9. The number of aliphatic hydroxyl groups is 1. The molecular formula is C49H52N6O9S. The number of sulfonamides is 1. The van der Waals surface area contributed by atoms with Gasteiger partial charge in [0.15, 0.2) is 0 Å². The van der Waals surface area contributed by atoms with Crippen molar-refractivity contribution in [2.24, 2.45) is 11.3 Å².